The largest absolute Gasteiger partial charge is 0.465 e. The van der Waals surface area contributed by atoms with Gasteiger partial charge in [0.05, 0.1) is 0 Å². The minimum absolute atomic E-state index is 0.453. The van der Waals surface area contributed by atoms with E-state index in [1.54, 1.807) is 18.2 Å². The molecule has 6 nitrogen and oxygen atoms in total. The Labute approximate surface area is 114 Å². The number of rotatable bonds is 1. The Morgan fingerprint density at radius 3 is 2.74 bits per heavy atom. The molecule has 3 rings (SSSR count). The molecule has 0 saturated carbocycles. The number of piperazine rings is 1. The molecule has 0 radical (unpaired) electrons. The summed E-state index contributed by atoms with van der Waals surface area (Å²) >= 11 is 5.90. The maximum Gasteiger partial charge on any atom is 0.407 e. The van der Waals surface area contributed by atoms with Crippen molar-refractivity contribution in [2.75, 3.05) is 31.1 Å². The van der Waals surface area contributed by atoms with E-state index in [2.05, 4.69) is 4.98 Å². The van der Waals surface area contributed by atoms with Crippen molar-refractivity contribution >= 4 is 34.8 Å². The lowest BCUT2D eigenvalue weighted by molar-refractivity contribution is 0.142. The first-order chi connectivity index (χ1) is 9.13. The number of carboxylic acid groups (broad SMARTS) is 1. The minimum atomic E-state index is -0.885. The topological polar surface area (TPSA) is 69.8 Å². The van der Waals surface area contributed by atoms with Crippen molar-refractivity contribution in [2.24, 2.45) is 0 Å². The van der Waals surface area contributed by atoms with Gasteiger partial charge in [0.25, 0.3) is 6.01 Å². The van der Waals surface area contributed by atoms with Gasteiger partial charge in [-0.15, -0.1) is 0 Å². The highest BCUT2D eigenvalue weighted by Gasteiger charge is 2.23. The molecule has 19 heavy (non-hydrogen) atoms. The number of amides is 1. The third-order valence-electron chi connectivity index (χ3n) is 3.16. The van der Waals surface area contributed by atoms with Crippen LogP contribution in [0.15, 0.2) is 22.6 Å². The Balaban J connectivity index is 1.80. The number of carbonyl (C=O) groups is 1. The number of hydrogen-bond donors (Lipinski definition) is 1. The average molecular weight is 282 g/mol. The monoisotopic (exact) mass is 281 g/mol. The normalized spacial score (nSPS) is 16.1. The molecule has 0 aliphatic carbocycles. The Hall–Kier alpha value is -1.95. The van der Waals surface area contributed by atoms with E-state index in [-0.39, 0.29) is 0 Å². The van der Waals surface area contributed by atoms with Gasteiger partial charge in [0, 0.05) is 31.2 Å². The summed E-state index contributed by atoms with van der Waals surface area (Å²) in [4.78, 5) is 18.5. The van der Waals surface area contributed by atoms with Crippen LogP contribution in [0.25, 0.3) is 11.1 Å². The van der Waals surface area contributed by atoms with E-state index >= 15 is 0 Å². The predicted octanol–water partition coefficient (Wildman–Crippen LogP) is 2.28. The van der Waals surface area contributed by atoms with Crippen molar-refractivity contribution in [3.8, 4) is 0 Å². The molecule has 100 valence electrons. The highest BCUT2D eigenvalue weighted by Crippen LogP contribution is 2.25. The van der Waals surface area contributed by atoms with Crippen LogP contribution >= 0.6 is 11.6 Å². The van der Waals surface area contributed by atoms with Crippen LogP contribution in [0.4, 0.5) is 10.8 Å². The second-order valence-electron chi connectivity index (χ2n) is 4.37. The minimum Gasteiger partial charge on any atom is -0.465 e. The number of nitrogens with zero attached hydrogens (tertiary/aromatic N) is 3. The van der Waals surface area contributed by atoms with Gasteiger partial charge in [0.2, 0.25) is 0 Å². The van der Waals surface area contributed by atoms with Crippen molar-refractivity contribution in [1.82, 2.24) is 9.88 Å². The molecule has 7 heteroatoms. The van der Waals surface area contributed by atoms with Gasteiger partial charge >= 0.3 is 6.09 Å². The Kier molecular flexibility index (Phi) is 2.94. The Bertz CT molecular complexity index is 620. The number of benzene rings is 1. The third kappa shape index (κ3) is 2.31. The zero-order chi connectivity index (χ0) is 13.4. The van der Waals surface area contributed by atoms with Crippen LogP contribution in [-0.4, -0.2) is 47.3 Å². The fraction of sp³-hybridized carbons (Fsp3) is 0.333. The number of fused-ring (bicyclic) bond motifs is 1. The summed E-state index contributed by atoms with van der Waals surface area (Å²) in [5.41, 5.74) is 1.39. The summed E-state index contributed by atoms with van der Waals surface area (Å²) in [5, 5.41) is 9.51. The van der Waals surface area contributed by atoms with Crippen molar-refractivity contribution < 1.29 is 14.3 Å². The lowest BCUT2D eigenvalue weighted by Crippen LogP contribution is -2.48. The van der Waals surface area contributed by atoms with Crippen molar-refractivity contribution in [1.29, 1.82) is 0 Å². The summed E-state index contributed by atoms with van der Waals surface area (Å²) in [6.45, 7) is 2.06. The number of anilines is 1. The van der Waals surface area contributed by atoms with Gasteiger partial charge in [-0.05, 0) is 18.2 Å². The molecule has 1 saturated heterocycles. The van der Waals surface area contributed by atoms with Crippen LogP contribution < -0.4 is 4.90 Å². The van der Waals surface area contributed by atoms with Crippen LogP contribution in [0.3, 0.4) is 0 Å². The first-order valence-electron chi connectivity index (χ1n) is 5.92. The quantitative estimate of drug-likeness (QED) is 0.868. The molecule has 1 fully saturated rings. The molecule has 2 heterocycles. The van der Waals surface area contributed by atoms with E-state index in [0.717, 1.165) is 0 Å². The van der Waals surface area contributed by atoms with Crippen LogP contribution in [0.5, 0.6) is 0 Å². The molecule has 1 amide bonds. The van der Waals surface area contributed by atoms with E-state index in [0.29, 0.717) is 48.3 Å². The first kappa shape index (κ1) is 12.1. The number of hydrogen-bond acceptors (Lipinski definition) is 4. The van der Waals surface area contributed by atoms with E-state index in [1.807, 2.05) is 4.90 Å². The number of aromatic nitrogens is 1. The third-order valence-corrected chi connectivity index (χ3v) is 3.39. The lowest BCUT2D eigenvalue weighted by atomic mass is 10.3. The van der Waals surface area contributed by atoms with Gasteiger partial charge < -0.3 is 19.3 Å². The van der Waals surface area contributed by atoms with Gasteiger partial charge in [-0.1, -0.05) is 11.6 Å². The summed E-state index contributed by atoms with van der Waals surface area (Å²) in [5.74, 6) is 0. The molecular formula is C12H12ClN3O3. The second kappa shape index (κ2) is 4.62. The van der Waals surface area contributed by atoms with E-state index in [1.165, 1.54) is 4.90 Å². The highest BCUT2D eigenvalue weighted by atomic mass is 35.5. The van der Waals surface area contributed by atoms with Crippen molar-refractivity contribution in [3.63, 3.8) is 0 Å². The van der Waals surface area contributed by atoms with E-state index < -0.39 is 6.09 Å². The SMILES string of the molecule is O=C(O)N1CCN(c2nc3cc(Cl)ccc3o2)CC1. The molecule has 1 N–H and O–H groups in total. The van der Waals surface area contributed by atoms with Gasteiger partial charge in [-0.2, -0.15) is 4.98 Å². The molecule has 0 bridgehead atoms. The van der Waals surface area contributed by atoms with Crippen LogP contribution in [0.2, 0.25) is 5.02 Å². The molecule has 0 atom stereocenters. The Morgan fingerprint density at radius 1 is 1.32 bits per heavy atom. The summed E-state index contributed by atoms with van der Waals surface area (Å²) in [6.07, 6.45) is -0.885. The van der Waals surface area contributed by atoms with E-state index in [4.69, 9.17) is 21.1 Å². The van der Waals surface area contributed by atoms with Crippen molar-refractivity contribution in [2.45, 2.75) is 0 Å². The molecule has 0 spiro atoms. The smallest absolute Gasteiger partial charge is 0.407 e. The molecule has 1 aromatic heterocycles. The maximum atomic E-state index is 10.8. The zero-order valence-corrected chi connectivity index (χ0v) is 10.8. The summed E-state index contributed by atoms with van der Waals surface area (Å²) in [6, 6.07) is 5.79. The highest BCUT2D eigenvalue weighted by molar-refractivity contribution is 6.31. The fourth-order valence-electron chi connectivity index (χ4n) is 2.11. The summed E-state index contributed by atoms with van der Waals surface area (Å²) in [7, 11) is 0. The molecule has 1 aromatic carbocycles. The predicted molar refractivity (Wildman–Crippen MR) is 70.8 cm³/mol. The van der Waals surface area contributed by atoms with Gasteiger partial charge in [-0.25, -0.2) is 4.79 Å². The van der Waals surface area contributed by atoms with Gasteiger partial charge in [-0.3, -0.25) is 0 Å². The standard InChI is InChI=1S/C12H12ClN3O3/c13-8-1-2-10-9(7-8)14-11(19-10)15-3-5-16(6-4-15)12(17)18/h1-2,7H,3-6H2,(H,17,18). The molecule has 1 aliphatic heterocycles. The average Bonchev–Trinajstić information content (AvgIpc) is 2.81. The maximum absolute atomic E-state index is 10.8. The lowest BCUT2D eigenvalue weighted by Gasteiger charge is -2.31. The first-order valence-corrected chi connectivity index (χ1v) is 6.30. The Morgan fingerprint density at radius 2 is 2.05 bits per heavy atom. The van der Waals surface area contributed by atoms with Crippen molar-refractivity contribution in [3.05, 3.63) is 23.2 Å². The van der Waals surface area contributed by atoms with Crippen LogP contribution in [0.1, 0.15) is 0 Å². The summed E-state index contributed by atoms with van der Waals surface area (Å²) < 4.78 is 5.65. The molecule has 0 unspecified atom stereocenters. The molecule has 1 aliphatic rings. The fourth-order valence-corrected chi connectivity index (χ4v) is 2.28. The molecular weight excluding hydrogens is 270 g/mol. The van der Waals surface area contributed by atoms with Crippen LogP contribution in [0, 0.1) is 0 Å². The van der Waals surface area contributed by atoms with Gasteiger partial charge in [0.15, 0.2) is 5.58 Å². The van der Waals surface area contributed by atoms with E-state index in [9.17, 15) is 4.79 Å². The number of halogens is 1. The zero-order valence-electron chi connectivity index (χ0n) is 10.0. The molecule has 2 aromatic rings. The second-order valence-corrected chi connectivity index (χ2v) is 4.80. The number of oxazole rings is 1. The van der Waals surface area contributed by atoms with Gasteiger partial charge in [0.1, 0.15) is 5.52 Å². The van der Waals surface area contributed by atoms with Crippen LogP contribution in [-0.2, 0) is 0 Å².